The molecule has 2 aromatic heterocycles. The first kappa shape index (κ1) is 9.18. The smallest absolute Gasteiger partial charge is 0.187 e. The van der Waals surface area contributed by atoms with Gasteiger partial charge in [0.25, 0.3) is 0 Å². The van der Waals surface area contributed by atoms with Crippen LogP contribution >= 0.6 is 22.7 Å². The number of aromatic nitrogens is 1. The molecule has 78 valence electrons. The van der Waals surface area contributed by atoms with E-state index in [9.17, 15) is 0 Å². The fourth-order valence-corrected chi connectivity index (χ4v) is 3.43. The summed E-state index contributed by atoms with van der Waals surface area (Å²) >= 11 is 3.43. The van der Waals surface area contributed by atoms with Crippen LogP contribution in [0.15, 0.2) is 17.6 Å². The molecule has 0 unspecified atom stereocenters. The molecule has 2 aromatic rings. The van der Waals surface area contributed by atoms with Crippen molar-refractivity contribution >= 4 is 32.8 Å². The molecule has 0 saturated heterocycles. The molecule has 0 bridgehead atoms. The minimum atomic E-state index is 0.793. The molecule has 15 heavy (non-hydrogen) atoms. The van der Waals surface area contributed by atoms with Crippen LogP contribution in [0.25, 0.3) is 0 Å². The Hall–Kier alpha value is -1.07. The van der Waals surface area contributed by atoms with Gasteiger partial charge in [0.15, 0.2) is 5.13 Å². The number of fused-ring (bicyclic) bond motifs is 1. The minimum absolute atomic E-state index is 0.793. The van der Waals surface area contributed by atoms with Crippen LogP contribution < -0.4 is 10.6 Å². The third-order valence-corrected chi connectivity index (χ3v) is 4.50. The van der Waals surface area contributed by atoms with Gasteiger partial charge in [0.1, 0.15) is 5.00 Å². The standard InChI is InChI=1S/C10H11N3S2/c11-9-5-12-10(15-9)13-3-1-8-7(6-13)2-4-14-8/h2,4-5H,1,3,6,11H2. The highest BCUT2D eigenvalue weighted by molar-refractivity contribution is 7.19. The van der Waals surface area contributed by atoms with Crippen molar-refractivity contribution in [1.82, 2.24) is 4.98 Å². The van der Waals surface area contributed by atoms with Gasteiger partial charge in [-0.2, -0.15) is 0 Å². The molecule has 0 fully saturated rings. The van der Waals surface area contributed by atoms with Crippen LogP contribution in [0.2, 0.25) is 0 Å². The van der Waals surface area contributed by atoms with Gasteiger partial charge in [-0.3, -0.25) is 0 Å². The lowest BCUT2D eigenvalue weighted by molar-refractivity contribution is 0.740. The summed E-state index contributed by atoms with van der Waals surface area (Å²) in [6.07, 6.45) is 2.87. The van der Waals surface area contributed by atoms with Crippen molar-refractivity contribution < 1.29 is 0 Å². The number of anilines is 2. The van der Waals surface area contributed by atoms with Crippen LogP contribution in [-0.4, -0.2) is 11.5 Å². The predicted octanol–water partition coefficient (Wildman–Crippen LogP) is 2.35. The van der Waals surface area contributed by atoms with Crippen LogP contribution in [0.5, 0.6) is 0 Å². The lowest BCUT2D eigenvalue weighted by Crippen LogP contribution is -2.29. The molecular formula is C10H11N3S2. The lowest BCUT2D eigenvalue weighted by atomic mass is 10.1. The second kappa shape index (κ2) is 3.50. The number of rotatable bonds is 1. The quantitative estimate of drug-likeness (QED) is 0.828. The van der Waals surface area contributed by atoms with E-state index in [1.54, 1.807) is 17.5 Å². The molecule has 0 spiro atoms. The van der Waals surface area contributed by atoms with Crippen LogP contribution in [0.4, 0.5) is 10.1 Å². The Morgan fingerprint density at radius 2 is 2.40 bits per heavy atom. The Morgan fingerprint density at radius 3 is 3.20 bits per heavy atom. The zero-order chi connectivity index (χ0) is 10.3. The molecule has 0 atom stereocenters. The van der Waals surface area contributed by atoms with Gasteiger partial charge in [0.2, 0.25) is 0 Å². The Balaban J connectivity index is 1.87. The van der Waals surface area contributed by atoms with Crippen molar-refractivity contribution in [3.8, 4) is 0 Å². The second-order valence-electron chi connectivity index (χ2n) is 3.59. The third kappa shape index (κ3) is 1.61. The van der Waals surface area contributed by atoms with E-state index in [4.69, 9.17) is 5.73 Å². The Labute approximate surface area is 96.2 Å². The van der Waals surface area contributed by atoms with Crippen LogP contribution in [0.3, 0.4) is 0 Å². The fraction of sp³-hybridized carbons (Fsp3) is 0.300. The van der Waals surface area contributed by atoms with E-state index in [1.807, 2.05) is 11.3 Å². The maximum atomic E-state index is 5.69. The molecule has 0 amide bonds. The van der Waals surface area contributed by atoms with Gasteiger partial charge in [0.05, 0.1) is 6.20 Å². The number of nitrogens with zero attached hydrogens (tertiary/aromatic N) is 2. The van der Waals surface area contributed by atoms with Gasteiger partial charge in [-0.25, -0.2) is 4.98 Å². The first-order chi connectivity index (χ1) is 7.33. The van der Waals surface area contributed by atoms with Crippen molar-refractivity contribution in [3.63, 3.8) is 0 Å². The predicted molar refractivity (Wildman–Crippen MR) is 65.6 cm³/mol. The average Bonchev–Trinajstić information content (AvgIpc) is 2.84. The molecule has 3 heterocycles. The molecule has 3 rings (SSSR count). The molecule has 2 N–H and O–H groups in total. The van der Waals surface area contributed by atoms with Gasteiger partial charge < -0.3 is 10.6 Å². The van der Waals surface area contributed by atoms with Crippen molar-refractivity contribution in [2.45, 2.75) is 13.0 Å². The first-order valence-corrected chi connectivity index (χ1v) is 6.54. The summed E-state index contributed by atoms with van der Waals surface area (Å²) in [5.41, 5.74) is 7.14. The summed E-state index contributed by atoms with van der Waals surface area (Å²) in [4.78, 5) is 8.15. The highest BCUT2D eigenvalue weighted by Crippen LogP contribution is 2.30. The zero-order valence-corrected chi connectivity index (χ0v) is 9.77. The van der Waals surface area contributed by atoms with Crippen molar-refractivity contribution in [3.05, 3.63) is 28.1 Å². The van der Waals surface area contributed by atoms with Crippen molar-refractivity contribution in [2.75, 3.05) is 17.2 Å². The minimum Gasteiger partial charge on any atom is -0.389 e. The van der Waals surface area contributed by atoms with E-state index in [0.717, 1.165) is 29.6 Å². The van der Waals surface area contributed by atoms with Crippen LogP contribution in [-0.2, 0) is 13.0 Å². The number of thiophene rings is 1. The summed E-state index contributed by atoms with van der Waals surface area (Å²) in [5, 5.41) is 4.01. The van der Waals surface area contributed by atoms with E-state index >= 15 is 0 Å². The molecule has 0 saturated carbocycles. The average molecular weight is 237 g/mol. The second-order valence-corrected chi connectivity index (χ2v) is 5.63. The summed E-state index contributed by atoms with van der Waals surface area (Å²) in [5.74, 6) is 0. The van der Waals surface area contributed by atoms with Gasteiger partial charge in [-0.1, -0.05) is 11.3 Å². The van der Waals surface area contributed by atoms with Crippen molar-refractivity contribution in [2.24, 2.45) is 0 Å². The SMILES string of the molecule is Nc1cnc(N2CCc3sccc3C2)s1. The molecular weight excluding hydrogens is 226 g/mol. The highest BCUT2D eigenvalue weighted by atomic mass is 32.1. The maximum Gasteiger partial charge on any atom is 0.187 e. The van der Waals surface area contributed by atoms with E-state index < -0.39 is 0 Å². The van der Waals surface area contributed by atoms with Gasteiger partial charge in [0, 0.05) is 18.0 Å². The number of nitrogens with two attached hydrogens (primary N) is 1. The Kier molecular flexibility index (Phi) is 2.14. The fourth-order valence-electron chi connectivity index (χ4n) is 1.83. The summed E-state index contributed by atoms with van der Waals surface area (Å²) in [6.45, 7) is 2.03. The van der Waals surface area contributed by atoms with Gasteiger partial charge in [-0.15, -0.1) is 11.3 Å². The molecule has 3 nitrogen and oxygen atoms in total. The number of nitrogen functional groups attached to an aromatic ring is 1. The number of hydrogen-bond donors (Lipinski definition) is 1. The maximum absolute atomic E-state index is 5.69. The van der Waals surface area contributed by atoms with E-state index in [1.165, 1.54) is 10.4 Å². The van der Waals surface area contributed by atoms with Gasteiger partial charge >= 0.3 is 0 Å². The molecule has 0 aliphatic carbocycles. The molecule has 1 aliphatic rings. The largest absolute Gasteiger partial charge is 0.389 e. The molecule has 1 aliphatic heterocycles. The number of thiazole rings is 1. The van der Waals surface area contributed by atoms with Crippen LogP contribution in [0.1, 0.15) is 10.4 Å². The van der Waals surface area contributed by atoms with E-state index in [2.05, 4.69) is 21.3 Å². The highest BCUT2D eigenvalue weighted by Gasteiger charge is 2.19. The summed E-state index contributed by atoms with van der Waals surface area (Å²) in [7, 11) is 0. The topological polar surface area (TPSA) is 42.1 Å². The number of hydrogen-bond acceptors (Lipinski definition) is 5. The van der Waals surface area contributed by atoms with Crippen molar-refractivity contribution in [1.29, 1.82) is 0 Å². The van der Waals surface area contributed by atoms with Crippen LogP contribution in [0, 0.1) is 0 Å². The normalized spacial score (nSPS) is 15.3. The van der Waals surface area contributed by atoms with E-state index in [0.29, 0.717) is 0 Å². The molecule has 5 heteroatoms. The first-order valence-electron chi connectivity index (χ1n) is 4.84. The third-order valence-electron chi connectivity index (χ3n) is 2.59. The summed E-state index contributed by atoms with van der Waals surface area (Å²) in [6, 6.07) is 2.21. The Morgan fingerprint density at radius 1 is 1.47 bits per heavy atom. The monoisotopic (exact) mass is 237 g/mol. The lowest BCUT2D eigenvalue weighted by Gasteiger charge is -2.26. The van der Waals surface area contributed by atoms with Gasteiger partial charge in [-0.05, 0) is 23.4 Å². The summed E-state index contributed by atoms with van der Waals surface area (Å²) < 4.78 is 0. The zero-order valence-electron chi connectivity index (χ0n) is 8.14. The molecule has 0 aromatic carbocycles. The Bertz CT molecular complexity index is 474. The molecule has 0 radical (unpaired) electrons. The van der Waals surface area contributed by atoms with E-state index in [-0.39, 0.29) is 0 Å².